The highest BCUT2D eigenvalue weighted by Gasteiger charge is 2.26. The van der Waals surface area contributed by atoms with Crippen LogP contribution in [0, 0.1) is 0 Å². The average Bonchev–Trinajstić information content (AvgIpc) is 3.13. The van der Waals surface area contributed by atoms with E-state index in [9.17, 15) is 9.59 Å². The van der Waals surface area contributed by atoms with E-state index in [2.05, 4.69) is 16.0 Å². The van der Waals surface area contributed by atoms with E-state index < -0.39 is 12.0 Å². The fraction of sp³-hybridized carbons (Fsp3) is 0.333. The number of thioether (sulfide) groups is 2. The molecule has 1 aromatic carbocycles. The molecule has 0 fully saturated rings. The Labute approximate surface area is 145 Å². The first kappa shape index (κ1) is 16.5. The lowest BCUT2D eigenvalue weighted by atomic mass is 10.3. The van der Waals surface area contributed by atoms with Crippen molar-refractivity contribution >= 4 is 61.9 Å². The quantitative estimate of drug-likeness (QED) is 0.790. The van der Waals surface area contributed by atoms with Crippen molar-refractivity contribution in [2.24, 2.45) is 4.99 Å². The van der Waals surface area contributed by atoms with Crippen LogP contribution in [0.3, 0.4) is 0 Å². The molecule has 0 unspecified atom stereocenters. The Morgan fingerprint density at radius 3 is 2.96 bits per heavy atom. The number of aliphatic carboxylic acids is 1. The Morgan fingerprint density at radius 1 is 1.43 bits per heavy atom. The lowest BCUT2D eigenvalue weighted by molar-refractivity contribution is -0.137. The summed E-state index contributed by atoms with van der Waals surface area (Å²) in [4.78, 5) is 31.9. The van der Waals surface area contributed by atoms with E-state index in [1.165, 1.54) is 23.1 Å². The van der Waals surface area contributed by atoms with Crippen molar-refractivity contribution in [3.05, 3.63) is 23.2 Å². The molecule has 0 amide bonds. The molecule has 0 saturated carbocycles. The van der Waals surface area contributed by atoms with Crippen molar-refractivity contribution in [2.75, 3.05) is 11.5 Å². The second kappa shape index (κ2) is 7.02. The number of fused-ring (bicyclic) bond motifs is 1. The minimum absolute atomic E-state index is 0.197. The molecular formula is C15H14N2O3S3. The van der Waals surface area contributed by atoms with Gasteiger partial charge in [-0.05, 0) is 25.1 Å². The first-order valence-corrected chi connectivity index (χ1v) is 9.78. The number of nitrogens with zero attached hydrogens (tertiary/aromatic N) is 2. The van der Waals surface area contributed by atoms with Gasteiger partial charge in [-0.1, -0.05) is 0 Å². The van der Waals surface area contributed by atoms with Crippen LogP contribution in [0.1, 0.15) is 18.4 Å². The van der Waals surface area contributed by atoms with Gasteiger partial charge in [0.25, 0.3) is 0 Å². The van der Waals surface area contributed by atoms with Crippen molar-refractivity contribution in [1.82, 2.24) is 4.98 Å². The molecule has 1 atom stereocenters. The van der Waals surface area contributed by atoms with Crippen molar-refractivity contribution in [1.29, 1.82) is 0 Å². The van der Waals surface area contributed by atoms with Crippen molar-refractivity contribution < 1.29 is 14.7 Å². The van der Waals surface area contributed by atoms with Gasteiger partial charge in [-0.2, -0.15) is 0 Å². The van der Waals surface area contributed by atoms with Crippen LogP contribution in [0.5, 0.6) is 0 Å². The summed E-state index contributed by atoms with van der Waals surface area (Å²) in [5, 5.41) is 10.5. The predicted octanol–water partition coefficient (Wildman–Crippen LogP) is 3.31. The largest absolute Gasteiger partial charge is 0.480 e. The molecule has 8 heteroatoms. The van der Waals surface area contributed by atoms with Crippen LogP contribution in [0.4, 0.5) is 0 Å². The molecule has 1 aliphatic rings. The number of thiazole rings is 1. The summed E-state index contributed by atoms with van der Waals surface area (Å²) in [5.74, 6) is 0.544. The molecule has 1 aliphatic heterocycles. The second-order valence-corrected chi connectivity index (χ2v) is 8.26. The number of benzene rings is 1. The number of carboxylic acids is 1. The predicted molar refractivity (Wildman–Crippen MR) is 96.1 cm³/mol. The minimum Gasteiger partial charge on any atom is -0.480 e. The van der Waals surface area contributed by atoms with Gasteiger partial charge in [0.1, 0.15) is 15.8 Å². The molecular weight excluding hydrogens is 352 g/mol. The van der Waals surface area contributed by atoms with E-state index in [1.807, 2.05) is 12.1 Å². The number of aliphatic imine (C=N–C) groups is 1. The lowest BCUT2D eigenvalue weighted by Gasteiger charge is -1.99. The summed E-state index contributed by atoms with van der Waals surface area (Å²) >= 11 is 4.62. The van der Waals surface area contributed by atoms with Gasteiger partial charge in [-0.15, -0.1) is 34.9 Å². The standard InChI is InChI=1S/C15H14N2O3S3/c1-8(18)4-5-21-9-2-3-10-12(6-9)23-14(16-10)13-17-11(7-22-13)15(19)20/h2-3,6,11H,4-5,7H2,1H3,(H,19,20)/t11-/m1/s1. The van der Waals surface area contributed by atoms with Gasteiger partial charge in [0.2, 0.25) is 0 Å². The van der Waals surface area contributed by atoms with Gasteiger partial charge < -0.3 is 5.11 Å². The number of carbonyl (C=O) groups excluding carboxylic acids is 1. The third kappa shape index (κ3) is 3.94. The summed E-state index contributed by atoms with van der Waals surface area (Å²) in [6, 6.07) is 5.36. The van der Waals surface area contributed by atoms with Crippen LogP contribution < -0.4 is 0 Å². The molecule has 5 nitrogen and oxygen atoms in total. The van der Waals surface area contributed by atoms with E-state index in [0.717, 1.165) is 25.9 Å². The van der Waals surface area contributed by atoms with E-state index in [1.54, 1.807) is 18.7 Å². The molecule has 2 aromatic rings. The molecule has 0 spiro atoms. The minimum atomic E-state index is -0.891. The molecule has 0 radical (unpaired) electrons. The zero-order chi connectivity index (χ0) is 16.4. The maximum absolute atomic E-state index is 11.0. The fourth-order valence-corrected chi connectivity index (χ4v) is 5.18. The van der Waals surface area contributed by atoms with E-state index in [-0.39, 0.29) is 5.78 Å². The van der Waals surface area contributed by atoms with Crippen molar-refractivity contribution in [3.63, 3.8) is 0 Å². The Hall–Kier alpha value is -1.38. The van der Waals surface area contributed by atoms with Crippen LogP contribution in [-0.4, -0.2) is 44.4 Å². The third-order valence-corrected chi connectivity index (χ3v) is 6.41. The summed E-state index contributed by atoms with van der Waals surface area (Å²) in [6.45, 7) is 1.60. The van der Waals surface area contributed by atoms with Crippen LogP contribution >= 0.6 is 34.9 Å². The molecule has 23 heavy (non-hydrogen) atoms. The number of hydrogen-bond donors (Lipinski definition) is 1. The van der Waals surface area contributed by atoms with E-state index in [4.69, 9.17) is 5.11 Å². The fourth-order valence-electron chi connectivity index (χ4n) is 2.02. The number of rotatable bonds is 6. The van der Waals surface area contributed by atoms with Crippen LogP contribution in [0.2, 0.25) is 0 Å². The molecule has 0 bridgehead atoms. The highest BCUT2D eigenvalue weighted by molar-refractivity contribution is 8.15. The summed E-state index contributed by atoms with van der Waals surface area (Å²) in [6.07, 6.45) is 0.570. The zero-order valence-electron chi connectivity index (χ0n) is 12.3. The van der Waals surface area contributed by atoms with Crippen LogP contribution in [0.15, 0.2) is 28.1 Å². The molecule has 0 aliphatic carbocycles. The van der Waals surface area contributed by atoms with Gasteiger partial charge in [-0.3, -0.25) is 9.79 Å². The zero-order valence-corrected chi connectivity index (χ0v) is 14.8. The third-order valence-electron chi connectivity index (χ3n) is 3.20. The molecule has 1 aromatic heterocycles. The summed E-state index contributed by atoms with van der Waals surface area (Å²) < 4.78 is 1.05. The normalized spacial score (nSPS) is 17.4. The van der Waals surface area contributed by atoms with Gasteiger partial charge in [0.15, 0.2) is 6.04 Å². The highest BCUT2D eigenvalue weighted by atomic mass is 32.2. The Balaban J connectivity index is 1.78. The molecule has 3 rings (SSSR count). The number of carbonyl (C=O) groups is 2. The van der Waals surface area contributed by atoms with Crippen LogP contribution in [0.25, 0.3) is 10.2 Å². The monoisotopic (exact) mass is 366 g/mol. The molecule has 120 valence electrons. The molecule has 1 N–H and O–H groups in total. The Kier molecular flexibility index (Phi) is 5.03. The first-order valence-electron chi connectivity index (χ1n) is 6.99. The van der Waals surface area contributed by atoms with Gasteiger partial charge in [0.05, 0.1) is 10.2 Å². The Bertz CT molecular complexity index is 800. The van der Waals surface area contributed by atoms with Gasteiger partial charge in [0, 0.05) is 22.8 Å². The topological polar surface area (TPSA) is 79.6 Å². The van der Waals surface area contributed by atoms with Crippen molar-refractivity contribution in [3.8, 4) is 0 Å². The molecule has 0 saturated heterocycles. The Morgan fingerprint density at radius 2 is 2.26 bits per heavy atom. The number of carboxylic acid groups (broad SMARTS) is 1. The highest BCUT2D eigenvalue weighted by Crippen LogP contribution is 2.32. The van der Waals surface area contributed by atoms with Crippen LogP contribution in [-0.2, 0) is 9.59 Å². The lowest BCUT2D eigenvalue weighted by Crippen LogP contribution is -2.17. The number of Topliss-reactive ketones (excluding diaryl/α,β-unsaturated/α-hetero) is 1. The second-order valence-electron chi connectivity index (χ2n) is 5.05. The van der Waals surface area contributed by atoms with E-state index in [0.29, 0.717) is 17.2 Å². The number of ketones is 1. The maximum atomic E-state index is 11.0. The smallest absolute Gasteiger partial charge is 0.329 e. The van der Waals surface area contributed by atoms with E-state index >= 15 is 0 Å². The number of hydrogen-bond acceptors (Lipinski definition) is 7. The SMILES string of the molecule is CC(=O)CCSc1ccc2nc(C3=N[C@@H](C(=O)O)CS3)sc2c1. The number of aromatic nitrogens is 1. The maximum Gasteiger partial charge on any atom is 0.329 e. The van der Waals surface area contributed by atoms with Gasteiger partial charge >= 0.3 is 5.97 Å². The summed E-state index contributed by atoms with van der Waals surface area (Å²) in [5.41, 5.74) is 0.892. The first-order chi connectivity index (χ1) is 11.0. The molecule has 2 heterocycles. The summed E-state index contributed by atoms with van der Waals surface area (Å²) in [7, 11) is 0. The average molecular weight is 366 g/mol. The van der Waals surface area contributed by atoms with Gasteiger partial charge in [-0.25, -0.2) is 9.78 Å². The van der Waals surface area contributed by atoms with Crippen molar-refractivity contribution in [2.45, 2.75) is 24.3 Å².